The molecule has 0 saturated heterocycles. The molecule has 0 atom stereocenters. The van der Waals surface area contributed by atoms with Crippen molar-refractivity contribution in [2.75, 3.05) is 11.4 Å². The number of para-hydroxylation sites is 1. The summed E-state index contributed by atoms with van der Waals surface area (Å²) in [6.07, 6.45) is 4.36. The molecule has 4 aromatic rings. The summed E-state index contributed by atoms with van der Waals surface area (Å²) < 4.78 is 33.4. The lowest BCUT2D eigenvalue weighted by Gasteiger charge is -2.23. The van der Waals surface area contributed by atoms with E-state index in [2.05, 4.69) is 9.97 Å². The highest BCUT2D eigenvalue weighted by atomic mass is 32.2. The van der Waals surface area contributed by atoms with Crippen LogP contribution in [0.4, 0.5) is 5.69 Å². The Hall–Kier alpha value is -3.78. The molecule has 0 aliphatic heterocycles. The molecule has 2 heterocycles. The number of ether oxygens (including phenoxy) is 1. The molecule has 8 heteroatoms. The van der Waals surface area contributed by atoms with Crippen LogP contribution in [0, 0.1) is 0 Å². The van der Waals surface area contributed by atoms with E-state index in [4.69, 9.17) is 4.74 Å². The summed E-state index contributed by atoms with van der Waals surface area (Å²) in [7, 11) is -2.79. The van der Waals surface area contributed by atoms with E-state index in [9.17, 15) is 13.2 Å². The van der Waals surface area contributed by atoms with Crippen LogP contribution in [0.15, 0.2) is 90.2 Å². The van der Waals surface area contributed by atoms with Crippen molar-refractivity contribution in [3.8, 4) is 5.75 Å². The number of sulfonamides is 1. The van der Waals surface area contributed by atoms with Crippen LogP contribution >= 0.6 is 0 Å². The molecular weight excluding hydrogens is 402 g/mol. The van der Waals surface area contributed by atoms with Crippen molar-refractivity contribution >= 4 is 32.5 Å². The van der Waals surface area contributed by atoms with E-state index in [0.29, 0.717) is 11.1 Å². The molecule has 0 aliphatic carbocycles. The number of rotatable bonds is 5. The summed E-state index contributed by atoms with van der Waals surface area (Å²) in [4.78, 5) is 21.4. The van der Waals surface area contributed by atoms with Gasteiger partial charge in [-0.25, -0.2) is 8.42 Å². The molecule has 7 nitrogen and oxygen atoms in total. The normalized spacial score (nSPS) is 11.2. The molecule has 4 rings (SSSR count). The first-order chi connectivity index (χ1) is 14.5. The van der Waals surface area contributed by atoms with Gasteiger partial charge in [-0.15, -0.1) is 0 Å². The lowest BCUT2D eigenvalue weighted by molar-refractivity contribution is 0.100. The minimum atomic E-state index is -4.29. The van der Waals surface area contributed by atoms with Gasteiger partial charge in [-0.1, -0.05) is 18.2 Å². The molecule has 0 unspecified atom stereocenters. The summed E-state index contributed by atoms with van der Waals surface area (Å²) in [5, 5.41) is 0.655. The molecule has 1 amide bonds. The fraction of sp³-hybridized carbons (Fsp3) is 0.0455. The fourth-order valence-corrected chi connectivity index (χ4v) is 4.66. The van der Waals surface area contributed by atoms with Crippen molar-refractivity contribution in [3.05, 3.63) is 90.9 Å². The first kappa shape index (κ1) is 19.5. The molecule has 0 N–H and O–H groups in total. The standard InChI is InChI=1S/C22H17N3O4S/c1-29-19-11-9-18(10-12-19)25(22(26)17-7-3-13-23-15-17)30(27,28)20-8-2-5-16-6-4-14-24-21(16)20/h2-15H,1H3. The van der Waals surface area contributed by atoms with Gasteiger partial charge >= 0.3 is 0 Å². The maximum atomic E-state index is 13.7. The lowest BCUT2D eigenvalue weighted by atomic mass is 10.2. The van der Waals surface area contributed by atoms with Crippen LogP contribution < -0.4 is 9.04 Å². The number of fused-ring (bicyclic) bond motifs is 1. The van der Waals surface area contributed by atoms with Crippen molar-refractivity contribution in [1.82, 2.24) is 9.97 Å². The zero-order valence-corrected chi connectivity index (χ0v) is 16.8. The van der Waals surface area contributed by atoms with E-state index < -0.39 is 15.9 Å². The third-order valence-corrected chi connectivity index (χ3v) is 6.26. The van der Waals surface area contributed by atoms with Gasteiger partial charge in [-0.05, 0) is 48.5 Å². The number of methoxy groups -OCH3 is 1. The van der Waals surface area contributed by atoms with Gasteiger partial charge in [0.2, 0.25) is 0 Å². The Morgan fingerprint density at radius 2 is 1.67 bits per heavy atom. The van der Waals surface area contributed by atoms with Crippen molar-refractivity contribution in [2.45, 2.75) is 4.90 Å². The molecule has 150 valence electrons. The lowest BCUT2D eigenvalue weighted by Crippen LogP contribution is -2.37. The number of nitrogens with zero attached hydrogens (tertiary/aromatic N) is 3. The van der Waals surface area contributed by atoms with Crippen LogP contribution in [0.1, 0.15) is 10.4 Å². The highest BCUT2D eigenvalue weighted by Gasteiger charge is 2.33. The molecular formula is C22H17N3O4S. The molecule has 0 spiro atoms. The number of pyridine rings is 2. The van der Waals surface area contributed by atoms with Crippen LogP contribution in [-0.4, -0.2) is 31.4 Å². The van der Waals surface area contributed by atoms with Crippen LogP contribution in [-0.2, 0) is 10.0 Å². The van der Waals surface area contributed by atoms with Gasteiger partial charge in [0.05, 0.1) is 23.9 Å². The Bertz CT molecular complexity index is 1300. The number of benzene rings is 2. The number of hydrogen-bond acceptors (Lipinski definition) is 6. The predicted octanol–water partition coefficient (Wildman–Crippen LogP) is 3.67. The van der Waals surface area contributed by atoms with Crippen LogP contribution in [0.5, 0.6) is 5.75 Å². The molecule has 0 saturated carbocycles. The Labute approximate surface area is 173 Å². The third-order valence-electron chi connectivity index (χ3n) is 4.51. The number of carbonyl (C=O) groups is 1. The molecule has 0 bridgehead atoms. The second-order valence-corrected chi connectivity index (χ2v) is 8.10. The SMILES string of the molecule is COc1ccc(N(C(=O)c2cccnc2)S(=O)(=O)c2cccc3cccnc23)cc1. The van der Waals surface area contributed by atoms with E-state index in [-0.39, 0.29) is 21.7 Å². The van der Waals surface area contributed by atoms with E-state index in [1.165, 1.54) is 50.0 Å². The average molecular weight is 419 g/mol. The quantitative estimate of drug-likeness (QED) is 0.490. The smallest absolute Gasteiger partial charge is 0.273 e. The van der Waals surface area contributed by atoms with Gasteiger partial charge < -0.3 is 4.74 Å². The van der Waals surface area contributed by atoms with E-state index >= 15 is 0 Å². The zero-order valence-electron chi connectivity index (χ0n) is 16.0. The van der Waals surface area contributed by atoms with E-state index in [0.717, 1.165) is 4.31 Å². The van der Waals surface area contributed by atoms with Gasteiger partial charge in [-0.3, -0.25) is 14.8 Å². The predicted molar refractivity (Wildman–Crippen MR) is 113 cm³/mol. The largest absolute Gasteiger partial charge is 0.497 e. The maximum Gasteiger partial charge on any atom is 0.273 e. The van der Waals surface area contributed by atoms with Gasteiger partial charge in [0.15, 0.2) is 0 Å². The van der Waals surface area contributed by atoms with Crippen LogP contribution in [0.3, 0.4) is 0 Å². The topological polar surface area (TPSA) is 89.5 Å². The number of amides is 1. The first-order valence-corrected chi connectivity index (χ1v) is 10.4. The highest BCUT2D eigenvalue weighted by molar-refractivity contribution is 7.93. The maximum absolute atomic E-state index is 13.7. The summed E-state index contributed by atoms with van der Waals surface area (Å²) in [6.45, 7) is 0. The Balaban J connectivity index is 1.93. The van der Waals surface area contributed by atoms with Crippen molar-refractivity contribution in [3.63, 3.8) is 0 Å². The molecule has 0 fully saturated rings. The first-order valence-electron chi connectivity index (χ1n) is 9.00. The minimum absolute atomic E-state index is 0.0614. The van der Waals surface area contributed by atoms with Crippen LogP contribution in [0.25, 0.3) is 10.9 Å². The molecule has 2 aromatic carbocycles. The number of aromatic nitrogens is 2. The van der Waals surface area contributed by atoms with Gasteiger partial charge in [-0.2, -0.15) is 4.31 Å². The zero-order chi connectivity index (χ0) is 21.1. The second-order valence-electron chi connectivity index (χ2n) is 6.35. The summed E-state index contributed by atoms with van der Waals surface area (Å²) >= 11 is 0. The Morgan fingerprint density at radius 1 is 0.933 bits per heavy atom. The molecule has 30 heavy (non-hydrogen) atoms. The van der Waals surface area contributed by atoms with Gasteiger partial charge in [0.25, 0.3) is 15.9 Å². The summed E-state index contributed by atoms with van der Waals surface area (Å²) in [6, 6.07) is 17.6. The highest BCUT2D eigenvalue weighted by Crippen LogP contribution is 2.30. The number of carbonyl (C=O) groups excluding carboxylic acids is 1. The molecule has 2 aromatic heterocycles. The fourth-order valence-electron chi connectivity index (χ4n) is 3.07. The third kappa shape index (κ3) is 3.48. The summed E-state index contributed by atoms with van der Waals surface area (Å²) in [5.41, 5.74) is 0.611. The van der Waals surface area contributed by atoms with Crippen molar-refractivity contribution < 1.29 is 17.9 Å². The molecule has 0 radical (unpaired) electrons. The van der Waals surface area contributed by atoms with E-state index in [1.54, 1.807) is 42.5 Å². The van der Waals surface area contributed by atoms with E-state index in [1.807, 2.05) is 0 Å². The Kier molecular flexibility index (Phi) is 5.16. The van der Waals surface area contributed by atoms with Crippen molar-refractivity contribution in [1.29, 1.82) is 0 Å². The van der Waals surface area contributed by atoms with Gasteiger partial charge in [0.1, 0.15) is 10.6 Å². The minimum Gasteiger partial charge on any atom is -0.497 e. The van der Waals surface area contributed by atoms with Gasteiger partial charge in [0, 0.05) is 24.0 Å². The Morgan fingerprint density at radius 3 is 2.37 bits per heavy atom. The monoisotopic (exact) mass is 419 g/mol. The average Bonchev–Trinajstić information content (AvgIpc) is 2.79. The molecule has 0 aliphatic rings. The number of hydrogen-bond donors (Lipinski definition) is 0. The van der Waals surface area contributed by atoms with Crippen molar-refractivity contribution in [2.24, 2.45) is 0 Å². The number of anilines is 1. The second kappa shape index (κ2) is 7.92. The summed E-state index contributed by atoms with van der Waals surface area (Å²) in [5.74, 6) is -0.182. The van der Waals surface area contributed by atoms with Crippen LogP contribution in [0.2, 0.25) is 0 Å².